The minimum Gasteiger partial charge on any atom is -0.335 e. The number of aliphatic imine (C=N–C) groups is 1. The molecule has 4 heterocycles. The molecular weight excluding hydrogens is 406 g/mol. The van der Waals surface area contributed by atoms with E-state index in [9.17, 15) is 10.1 Å². The lowest BCUT2D eigenvalue weighted by Crippen LogP contribution is -2.20. The van der Waals surface area contributed by atoms with Gasteiger partial charge >= 0.3 is 0 Å². The monoisotopic (exact) mass is 425 g/mol. The zero-order chi connectivity index (χ0) is 22.7. The van der Waals surface area contributed by atoms with Crippen LogP contribution in [0.3, 0.4) is 0 Å². The van der Waals surface area contributed by atoms with E-state index >= 15 is 0 Å². The van der Waals surface area contributed by atoms with Crippen LogP contribution in [0.1, 0.15) is 31.4 Å². The summed E-state index contributed by atoms with van der Waals surface area (Å²) in [6.45, 7) is 7.62. The van der Waals surface area contributed by atoms with Crippen LogP contribution < -0.4 is 5.32 Å². The van der Waals surface area contributed by atoms with Gasteiger partial charge < -0.3 is 10.3 Å². The molecule has 0 aliphatic rings. The molecule has 0 atom stereocenters. The highest BCUT2D eigenvalue weighted by Crippen LogP contribution is 2.27. The van der Waals surface area contributed by atoms with Crippen molar-refractivity contribution in [2.45, 2.75) is 20.3 Å². The molecule has 0 spiro atoms. The van der Waals surface area contributed by atoms with Crippen LogP contribution in [0.5, 0.6) is 0 Å². The second-order valence-electron chi connectivity index (χ2n) is 6.83. The van der Waals surface area contributed by atoms with Crippen LogP contribution in [0, 0.1) is 11.3 Å². The molecule has 10 heteroatoms. The number of H-pyrrole nitrogens is 2. The third-order valence-electron chi connectivity index (χ3n) is 4.75. The van der Waals surface area contributed by atoms with Gasteiger partial charge in [-0.3, -0.25) is 14.9 Å². The van der Waals surface area contributed by atoms with Crippen LogP contribution in [0.4, 0.5) is 0 Å². The lowest BCUT2D eigenvalue weighted by atomic mass is 10.1. The number of hydrogen-bond donors (Lipinski definition) is 3. The predicted molar refractivity (Wildman–Crippen MR) is 121 cm³/mol. The van der Waals surface area contributed by atoms with Crippen LogP contribution >= 0.6 is 0 Å². The number of pyridine rings is 2. The highest BCUT2D eigenvalue weighted by atomic mass is 16.1. The molecule has 0 unspecified atom stereocenters. The van der Waals surface area contributed by atoms with Crippen molar-refractivity contribution in [3.63, 3.8) is 0 Å². The van der Waals surface area contributed by atoms with Crippen molar-refractivity contribution in [2.24, 2.45) is 4.99 Å². The molecule has 4 aromatic heterocycles. The molecule has 0 aliphatic carbocycles. The first-order chi connectivity index (χ1) is 15.5. The normalized spacial score (nSPS) is 11.8. The molecule has 0 saturated heterocycles. The van der Waals surface area contributed by atoms with E-state index in [1.54, 1.807) is 38.5 Å². The summed E-state index contributed by atoms with van der Waals surface area (Å²) in [5, 5.41) is 20.0. The number of fused-ring (bicyclic) bond motifs is 2. The maximum Gasteiger partial charge on any atom is 0.225 e. The molecule has 32 heavy (non-hydrogen) atoms. The maximum absolute atomic E-state index is 11.6. The molecule has 0 fully saturated rings. The fourth-order valence-corrected chi connectivity index (χ4v) is 3.02. The minimum absolute atomic E-state index is 0.118. The molecule has 10 nitrogen and oxygen atoms in total. The number of nitrogens with one attached hydrogen (secondary N) is 3. The Kier molecular flexibility index (Phi) is 5.55. The first kappa shape index (κ1) is 20.6. The van der Waals surface area contributed by atoms with Gasteiger partial charge in [0, 0.05) is 30.6 Å². The summed E-state index contributed by atoms with van der Waals surface area (Å²) in [6.07, 6.45) is 8.39. The lowest BCUT2D eigenvalue weighted by molar-refractivity contribution is -0.120. The van der Waals surface area contributed by atoms with Crippen molar-refractivity contribution in [3.05, 3.63) is 54.3 Å². The summed E-state index contributed by atoms with van der Waals surface area (Å²) in [5.74, 6) is 0.820. The third-order valence-corrected chi connectivity index (χ3v) is 4.75. The molecule has 1 amide bonds. The van der Waals surface area contributed by atoms with E-state index in [-0.39, 0.29) is 5.91 Å². The van der Waals surface area contributed by atoms with E-state index in [0.717, 1.165) is 10.9 Å². The first-order valence-corrected chi connectivity index (χ1v) is 9.81. The number of carbonyl (C=O) groups is 1. The first-order valence-electron chi connectivity index (χ1n) is 9.81. The predicted octanol–water partition coefficient (Wildman–Crippen LogP) is 3.24. The zero-order valence-electron chi connectivity index (χ0n) is 17.5. The Labute approximate surface area is 182 Å². The average Bonchev–Trinajstić information content (AvgIpc) is 3.44. The highest BCUT2D eigenvalue weighted by Gasteiger charge is 2.16. The van der Waals surface area contributed by atoms with Crippen LogP contribution in [0.2, 0.25) is 0 Å². The summed E-state index contributed by atoms with van der Waals surface area (Å²) in [4.78, 5) is 32.0. The summed E-state index contributed by atoms with van der Waals surface area (Å²) in [5.41, 5.74) is 4.03. The van der Waals surface area contributed by atoms with Crippen molar-refractivity contribution in [1.82, 2.24) is 35.5 Å². The van der Waals surface area contributed by atoms with Gasteiger partial charge in [-0.25, -0.2) is 15.0 Å². The molecule has 4 rings (SSSR count). The Hall–Kier alpha value is -4.65. The number of aromatic amines is 2. The van der Waals surface area contributed by atoms with Crippen LogP contribution in [0.25, 0.3) is 39.2 Å². The van der Waals surface area contributed by atoms with E-state index in [1.165, 1.54) is 6.20 Å². The summed E-state index contributed by atoms with van der Waals surface area (Å²) in [7, 11) is 0. The van der Waals surface area contributed by atoms with Gasteiger partial charge in [-0.05, 0) is 24.6 Å². The second kappa shape index (κ2) is 8.61. The Balaban J connectivity index is 1.68. The lowest BCUT2D eigenvalue weighted by Gasteiger charge is -2.04. The largest absolute Gasteiger partial charge is 0.335 e. The Bertz CT molecular complexity index is 1450. The Morgan fingerprint density at radius 1 is 1.38 bits per heavy atom. The molecule has 0 aliphatic heterocycles. The van der Waals surface area contributed by atoms with Crippen molar-refractivity contribution < 1.29 is 4.79 Å². The standard InChI is InChI=1S/C22H19N9O/c1-4-17(28-18(32)5-2)25-8-12(3)13-6-15-20(30-31-21(15)26-10-13)22-27-16-11-24-9-14(7-23)19(16)29-22/h4,6,8-11H,3,5H2,1-2H3,(H,27,29)(H,28,32)(H,26,30,31)/b17-4+,25-8-. The Morgan fingerprint density at radius 3 is 2.97 bits per heavy atom. The van der Waals surface area contributed by atoms with Crippen LogP contribution in [0.15, 0.2) is 48.1 Å². The fraction of sp³-hybridized carbons (Fsp3) is 0.136. The van der Waals surface area contributed by atoms with Crippen LogP contribution in [-0.2, 0) is 4.79 Å². The van der Waals surface area contributed by atoms with Crippen molar-refractivity contribution >= 4 is 39.8 Å². The molecule has 0 aromatic carbocycles. The van der Waals surface area contributed by atoms with Gasteiger partial charge in [0.1, 0.15) is 23.1 Å². The van der Waals surface area contributed by atoms with Crippen molar-refractivity contribution in [3.8, 4) is 17.6 Å². The van der Waals surface area contributed by atoms with Gasteiger partial charge in [0.2, 0.25) is 5.91 Å². The van der Waals surface area contributed by atoms with Gasteiger partial charge in [-0.2, -0.15) is 10.4 Å². The summed E-state index contributed by atoms with van der Waals surface area (Å²) >= 11 is 0. The molecule has 0 saturated carbocycles. The molecule has 158 valence electrons. The van der Waals surface area contributed by atoms with Crippen molar-refractivity contribution in [2.75, 3.05) is 0 Å². The maximum atomic E-state index is 11.6. The van der Waals surface area contributed by atoms with E-state index in [0.29, 0.717) is 51.6 Å². The average molecular weight is 425 g/mol. The zero-order valence-corrected chi connectivity index (χ0v) is 17.5. The number of nitriles is 1. The van der Waals surface area contributed by atoms with E-state index in [4.69, 9.17) is 0 Å². The van der Waals surface area contributed by atoms with E-state index in [1.807, 2.05) is 6.07 Å². The van der Waals surface area contributed by atoms with E-state index < -0.39 is 0 Å². The summed E-state index contributed by atoms with van der Waals surface area (Å²) in [6, 6.07) is 3.97. The number of hydrogen-bond acceptors (Lipinski definition) is 7. The topological polar surface area (TPSA) is 148 Å². The number of rotatable bonds is 6. The smallest absolute Gasteiger partial charge is 0.225 e. The minimum atomic E-state index is -0.118. The second-order valence-corrected chi connectivity index (χ2v) is 6.83. The van der Waals surface area contributed by atoms with Gasteiger partial charge in [0.15, 0.2) is 11.5 Å². The molecule has 0 bridgehead atoms. The SMILES string of the molecule is C=C(/C=N\C(=C/C)NC(=O)CC)c1cnc2[nH]nc(-c3nc4c(C#N)cncc4[nH]3)c2c1. The number of amides is 1. The quantitative estimate of drug-likeness (QED) is 0.404. The highest BCUT2D eigenvalue weighted by molar-refractivity contribution is 6.10. The molecular formula is C22H19N9O. The van der Waals surface area contributed by atoms with Gasteiger partial charge in [0.25, 0.3) is 0 Å². The van der Waals surface area contributed by atoms with Gasteiger partial charge in [-0.15, -0.1) is 0 Å². The summed E-state index contributed by atoms with van der Waals surface area (Å²) < 4.78 is 0. The molecule has 0 radical (unpaired) electrons. The number of allylic oxidation sites excluding steroid dienone is 2. The Morgan fingerprint density at radius 2 is 2.22 bits per heavy atom. The number of aromatic nitrogens is 6. The molecule has 4 aromatic rings. The third kappa shape index (κ3) is 3.87. The molecule has 3 N–H and O–H groups in total. The number of imidazole rings is 1. The van der Waals surface area contributed by atoms with Gasteiger partial charge in [0.05, 0.1) is 22.7 Å². The van der Waals surface area contributed by atoms with Crippen LogP contribution in [-0.4, -0.2) is 42.3 Å². The fourth-order valence-electron chi connectivity index (χ4n) is 3.02. The number of nitrogens with zero attached hydrogens (tertiary/aromatic N) is 6. The van der Waals surface area contributed by atoms with E-state index in [2.05, 4.69) is 53.1 Å². The van der Waals surface area contributed by atoms with Crippen molar-refractivity contribution in [1.29, 1.82) is 5.26 Å². The van der Waals surface area contributed by atoms with Gasteiger partial charge in [-0.1, -0.05) is 13.5 Å². The number of carbonyl (C=O) groups excluding carboxylic acids is 1.